The number of benzene rings is 3. The Labute approximate surface area is 498 Å². The van der Waals surface area contributed by atoms with Gasteiger partial charge in [0, 0.05) is 82.6 Å². The molecule has 30 heteroatoms. The van der Waals surface area contributed by atoms with Crippen molar-refractivity contribution in [2.24, 2.45) is 32.9 Å². The molecule has 0 bridgehead atoms. The standard InChI is InChI=1S/C18H19ClN6O4S.C18H19ClN6O2S.C17H15Cl2N3O2S/c19-15-8-23-17(24-18(20)21)14-7-12(4-5-13(14)15)30(28,29)25(10-16(26)27)9-11-3-1-2-6-22-11;1-2-25(11-12-5-3-4-8-22-12)28(26,27)13-6-7-14-15(9-13)17(24-18(20)21)23-10-16(14)19;1-2-22(11-12-5-3-4-8-20-12)25(23,24)13-6-7-14-15(9-13)17(19)21-10-16(14)18/h1-8,16,26-27H,9-10H2,(H4,20,21,23,24);3-10H,2,11H2,1H3,(H4,20,21,23,24);3-10H,2,11H2,1H3. The van der Waals surface area contributed by atoms with Crippen molar-refractivity contribution < 1.29 is 35.5 Å². The van der Waals surface area contributed by atoms with Gasteiger partial charge in [-0.05, 0) is 72.8 Å². The van der Waals surface area contributed by atoms with E-state index in [1.165, 1.54) is 75.9 Å². The van der Waals surface area contributed by atoms with Crippen molar-refractivity contribution in [3.63, 3.8) is 0 Å². The first-order valence-corrected chi connectivity index (χ1v) is 30.4. The molecule has 9 rings (SSSR count). The SMILES string of the molecule is CCN(Cc1ccccn1)S(=O)(=O)c1ccc2c(Cl)cnc(Cl)c2c1.CCN(Cc1ccccn1)S(=O)(=O)c1ccc2c(Cl)cnc(N=C(N)N)c2c1.NC(N)=Nc1ncc(Cl)c2ccc(S(=O)(=O)N(Cc3ccccn3)CC(O)O)cc12. The zero-order valence-electron chi connectivity index (χ0n) is 44.0. The van der Waals surface area contributed by atoms with Gasteiger partial charge >= 0.3 is 0 Å². The number of aliphatic hydroxyl groups is 2. The molecule has 0 aliphatic rings. The molecular formula is C53H53Cl4N15O8S3. The van der Waals surface area contributed by atoms with E-state index >= 15 is 0 Å². The Hall–Kier alpha value is -7.31. The van der Waals surface area contributed by atoms with Crippen molar-refractivity contribution in [3.8, 4) is 0 Å². The van der Waals surface area contributed by atoms with Crippen molar-refractivity contribution in [1.29, 1.82) is 0 Å². The second-order valence-corrected chi connectivity index (χ2v) is 24.9. The number of rotatable bonds is 18. The minimum Gasteiger partial charge on any atom is -0.370 e. The molecule has 0 radical (unpaired) electrons. The second-order valence-electron chi connectivity index (χ2n) is 17.6. The van der Waals surface area contributed by atoms with E-state index in [1.807, 2.05) is 12.1 Å². The van der Waals surface area contributed by atoms with Crippen LogP contribution in [0, 0.1) is 0 Å². The summed E-state index contributed by atoms with van der Waals surface area (Å²) in [5.74, 6) is -0.136. The van der Waals surface area contributed by atoms with Crippen LogP contribution in [-0.2, 0) is 49.7 Å². The Morgan fingerprint density at radius 1 is 0.470 bits per heavy atom. The fourth-order valence-electron chi connectivity index (χ4n) is 8.03. The summed E-state index contributed by atoms with van der Waals surface area (Å²) >= 11 is 24.6. The molecule has 0 spiro atoms. The van der Waals surface area contributed by atoms with Crippen LogP contribution in [0.15, 0.2) is 171 Å². The Morgan fingerprint density at radius 2 is 0.807 bits per heavy atom. The van der Waals surface area contributed by atoms with Gasteiger partial charge in [-0.2, -0.15) is 22.9 Å². The number of fused-ring (bicyclic) bond motifs is 3. The van der Waals surface area contributed by atoms with Crippen LogP contribution in [0.1, 0.15) is 30.9 Å². The lowest BCUT2D eigenvalue weighted by Gasteiger charge is -2.23. The number of nitrogens with zero attached hydrogens (tertiary/aromatic N) is 11. The summed E-state index contributed by atoms with van der Waals surface area (Å²) in [4.78, 5) is 32.6. The minimum absolute atomic E-state index is 0.0916. The summed E-state index contributed by atoms with van der Waals surface area (Å²) in [6.07, 6.45) is 7.12. The first-order chi connectivity index (χ1) is 39.4. The van der Waals surface area contributed by atoms with Crippen LogP contribution >= 0.6 is 46.4 Å². The molecule has 0 aliphatic heterocycles. The third kappa shape index (κ3) is 15.7. The monoisotopic (exact) mass is 1260 g/mol. The van der Waals surface area contributed by atoms with E-state index in [2.05, 4.69) is 39.9 Å². The number of aliphatic imine (C=N–C) groups is 2. The van der Waals surface area contributed by atoms with Gasteiger partial charge in [0.15, 0.2) is 29.8 Å². The van der Waals surface area contributed by atoms with Crippen molar-refractivity contribution in [3.05, 3.63) is 184 Å². The molecule has 6 heterocycles. The Morgan fingerprint density at radius 3 is 1.14 bits per heavy atom. The van der Waals surface area contributed by atoms with Crippen LogP contribution < -0.4 is 22.9 Å². The normalized spacial score (nSPS) is 11.9. The van der Waals surface area contributed by atoms with Gasteiger partial charge in [-0.15, -0.1) is 0 Å². The van der Waals surface area contributed by atoms with Gasteiger partial charge in [0.05, 0.1) is 73.0 Å². The van der Waals surface area contributed by atoms with Crippen molar-refractivity contribution in [2.75, 3.05) is 19.6 Å². The molecule has 0 saturated heterocycles. The summed E-state index contributed by atoms with van der Waals surface area (Å²) in [5, 5.41) is 23.2. The van der Waals surface area contributed by atoms with Crippen LogP contribution in [0.2, 0.25) is 20.2 Å². The predicted octanol–water partition coefficient (Wildman–Crippen LogP) is 7.24. The van der Waals surface area contributed by atoms with E-state index in [0.717, 1.165) is 4.31 Å². The Balaban J connectivity index is 0.000000180. The number of hydrogen-bond donors (Lipinski definition) is 6. The van der Waals surface area contributed by atoms with Gasteiger partial charge in [0.25, 0.3) is 0 Å². The molecule has 0 atom stereocenters. The summed E-state index contributed by atoms with van der Waals surface area (Å²) in [6, 6.07) is 29.3. The maximum atomic E-state index is 13.3. The first kappa shape index (κ1) is 63.3. The highest BCUT2D eigenvalue weighted by Crippen LogP contribution is 2.35. The second kappa shape index (κ2) is 27.8. The summed E-state index contributed by atoms with van der Waals surface area (Å²) in [6.45, 7) is 3.80. The van der Waals surface area contributed by atoms with E-state index < -0.39 is 42.9 Å². The molecule has 3 aromatic carbocycles. The largest absolute Gasteiger partial charge is 0.370 e. The number of halogens is 4. The quantitative estimate of drug-likeness (QED) is 0.0213. The van der Waals surface area contributed by atoms with Gasteiger partial charge in [0.2, 0.25) is 30.1 Å². The van der Waals surface area contributed by atoms with Crippen LogP contribution in [0.4, 0.5) is 11.6 Å². The zero-order valence-corrected chi connectivity index (χ0v) is 49.5. The third-order valence-corrected chi connectivity index (χ3v) is 18.8. The van der Waals surface area contributed by atoms with Gasteiger partial charge in [-0.25, -0.2) is 40.2 Å². The molecule has 0 saturated carbocycles. The molecular weight excluding hydrogens is 1210 g/mol. The average Bonchev–Trinajstić information content (AvgIpc) is 3.66. The van der Waals surface area contributed by atoms with E-state index in [0.29, 0.717) is 71.0 Å². The number of sulfonamides is 3. The van der Waals surface area contributed by atoms with Crippen molar-refractivity contribution in [1.82, 2.24) is 42.8 Å². The molecule has 10 N–H and O–H groups in total. The van der Waals surface area contributed by atoms with E-state index in [9.17, 15) is 35.5 Å². The molecule has 0 aliphatic carbocycles. The van der Waals surface area contributed by atoms with Crippen LogP contribution in [-0.4, -0.2) is 116 Å². The molecule has 0 amide bonds. The van der Waals surface area contributed by atoms with Crippen LogP contribution in [0.5, 0.6) is 0 Å². The summed E-state index contributed by atoms with van der Waals surface area (Å²) in [7, 11) is -11.6. The van der Waals surface area contributed by atoms with E-state index in [-0.39, 0.29) is 69.6 Å². The lowest BCUT2D eigenvalue weighted by Crippen LogP contribution is -2.37. The van der Waals surface area contributed by atoms with Crippen LogP contribution in [0.3, 0.4) is 0 Å². The first-order valence-electron chi connectivity index (χ1n) is 24.6. The average molecular weight is 1270 g/mol. The number of aliphatic hydroxyl groups excluding tert-OH is 1. The van der Waals surface area contributed by atoms with Crippen LogP contribution in [0.25, 0.3) is 32.3 Å². The van der Waals surface area contributed by atoms with E-state index in [1.54, 1.807) is 80.8 Å². The van der Waals surface area contributed by atoms with Crippen molar-refractivity contribution in [2.45, 2.75) is 54.5 Å². The minimum atomic E-state index is -4.15. The van der Waals surface area contributed by atoms with E-state index in [4.69, 9.17) is 69.3 Å². The molecule has 0 fully saturated rings. The highest BCUT2D eigenvalue weighted by atomic mass is 35.5. The highest BCUT2D eigenvalue weighted by molar-refractivity contribution is 7.89. The summed E-state index contributed by atoms with van der Waals surface area (Å²) < 4.78 is 82.6. The molecule has 23 nitrogen and oxygen atoms in total. The molecule has 434 valence electrons. The smallest absolute Gasteiger partial charge is 0.243 e. The van der Waals surface area contributed by atoms with Gasteiger partial charge in [-0.1, -0.05) is 96.6 Å². The van der Waals surface area contributed by atoms with Crippen molar-refractivity contribution >= 4 is 132 Å². The number of aromatic nitrogens is 6. The zero-order chi connectivity index (χ0) is 60.2. The number of hydrogen-bond acceptors (Lipinski definition) is 16. The Bertz CT molecular complexity index is 4180. The fraction of sp³-hybridized carbons (Fsp3) is 0.170. The maximum Gasteiger partial charge on any atom is 0.243 e. The molecule has 6 aromatic heterocycles. The van der Waals surface area contributed by atoms with Gasteiger partial charge in [0.1, 0.15) is 5.15 Å². The Kier molecular flexibility index (Phi) is 21.2. The maximum absolute atomic E-state index is 13.3. The lowest BCUT2D eigenvalue weighted by molar-refractivity contribution is -0.0502. The lowest BCUT2D eigenvalue weighted by atomic mass is 10.1. The highest BCUT2D eigenvalue weighted by Gasteiger charge is 2.29. The fourth-order valence-corrected chi connectivity index (χ4v) is 13.2. The topological polar surface area (TPSA) is 359 Å². The molecule has 0 unspecified atom stereocenters. The van der Waals surface area contributed by atoms with Gasteiger partial charge < -0.3 is 33.1 Å². The number of nitrogens with two attached hydrogens (primary N) is 4. The predicted molar refractivity (Wildman–Crippen MR) is 321 cm³/mol. The summed E-state index contributed by atoms with van der Waals surface area (Å²) in [5.41, 5.74) is 23.5. The number of guanidine groups is 2. The molecule has 9 aromatic rings. The third-order valence-electron chi connectivity index (χ3n) is 12.0. The van der Waals surface area contributed by atoms with Gasteiger partial charge in [-0.3, -0.25) is 15.0 Å². The molecule has 83 heavy (non-hydrogen) atoms. The number of pyridine rings is 6.